The van der Waals surface area contributed by atoms with Crippen LogP contribution in [0.4, 0.5) is 0 Å². The Kier molecular flexibility index (Phi) is 4.95. The quantitative estimate of drug-likeness (QED) is 0.311. The minimum atomic E-state index is 0.0368. The Hall–Kier alpha value is -2.85. The minimum Gasteiger partial charge on any atom is -0.497 e. The van der Waals surface area contributed by atoms with Gasteiger partial charge in [-0.25, -0.2) is 4.98 Å². The second-order valence-corrected chi connectivity index (χ2v) is 8.70. The Bertz CT molecular complexity index is 1250. The van der Waals surface area contributed by atoms with E-state index in [1.165, 1.54) is 23.1 Å². The highest BCUT2D eigenvalue weighted by Gasteiger charge is 2.29. The smallest absolute Gasteiger partial charge is 0.272 e. The Morgan fingerprint density at radius 3 is 2.67 bits per heavy atom. The number of thiophene rings is 1. The summed E-state index contributed by atoms with van der Waals surface area (Å²) in [6.45, 7) is 0. The fourth-order valence-corrected chi connectivity index (χ4v) is 4.82. The molecule has 3 heterocycles. The van der Waals surface area contributed by atoms with Crippen molar-refractivity contribution < 1.29 is 14.0 Å². The van der Waals surface area contributed by atoms with Gasteiger partial charge in [-0.1, -0.05) is 16.9 Å². The number of aromatic nitrogens is 4. The third kappa shape index (κ3) is 3.56. The van der Waals surface area contributed by atoms with Crippen LogP contribution in [0.1, 0.15) is 24.8 Å². The van der Waals surface area contributed by atoms with Gasteiger partial charge in [-0.15, -0.1) is 11.3 Å². The molecule has 0 spiro atoms. The number of ether oxygens (including phenoxy) is 2. The molecule has 1 aliphatic rings. The molecule has 0 aliphatic heterocycles. The molecule has 0 unspecified atom stereocenters. The normalized spacial score (nSPS) is 13.7. The maximum absolute atomic E-state index is 12.9. The van der Waals surface area contributed by atoms with Crippen molar-refractivity contribution in [3.05, 3.63) is 45.9 Å². The molecule has 8 nitrogen and oxygen atoms in total. The molecule has 0 saturated heterocycles. The highest BCUT2D eigenvalue weighted by molar-refractivity contribution is 7.98. The Labute approximate surface area is 179 Å². The van der Waals surface area contributed by atoms with Crippen LogP contribution < -0.4 is 15.0 Å². The van der Waals surface area contributed by atoms with Crippen molar-refractivity contribution in [1.29, 1.82) is 0 Å². The highest BCUT2D eigenvalue weighted by Crippen LogP contribution is 2.38. The summed E-state index contributed by atoms with van der Waals surface area (Å²) >= 11 is 2.87. The van der Waals surface area contributed by atoms with Gasteiger partial charge in [0.1, 0.15) is 16.2 Å². The van der Waals surface area contributed by atoms with Crippen LogP contribution in [0.15, 0.2) is 44.1 Å². The van der Waals surface area contributed by atoms with E-state index < -0.39 is 0 Å². The maximum atomic E-state index is 12.9. The molecule has 3 aromatic heterocycles. The third-order valence-electron chi connectivity index (χ3n) is 4.79. The average molecular weight is 443 g/mol. The molecule has 154 valence electrons. The van der Waals surface area contributed by atoms with E-state index in [1.54, 1.807) is 20.3 Å². The number of methoxy groups -OCH3 is 2. The van der Waals surface area contributed by atoms with Crippen LogP contribution in [-0.4, -0.2) is 33.9 Å². The van der Waals surface area contributed by atoms with Gasteiger partial charge in [-0.05, 0) is 36.4 Å². The zero-order chi connectivity index (χ0) is 20.7. The summed E-state index contributed by atoms with van der Waals surface area (Å²) in [5, 5.41) is 6.67. The summed E-state index contributed by atoms with van der Waals surface area (Å²) in [6, 6.07) is 7.54. The van der Waals surface area contributed by atoms with Crippen molar-refractivity contribution in [3.8, 4) is 22.9 Å². The number of nitrogens with zero attached hydrogens (tertiary/aromatic N) is 4. The number of fused-ring (bicyclic) bond motifs is 1. The van der Waals surface area contributed by atoms with Crippen molar-refractivity contribution in [2.75, 3.05) is 14.2 Å². The number of hydrogen-bond donors (Lipinski definition) is 0. The van der Waals surface area contributed by atoms with E-state index in [9.17, 15) is 4.79 Å². The van der Waals surface area contributed by atoms with Gasteiger partial charge >= 0.3 is 0 Å². The van der Waals surface area contributed by atoms with Crippen molar-refractivity contribution in [3.63, 3.8) is 0 Å². The molecule has 0 amide bonds. The summed E-state index contributed by atoms with van der Waals surface area (Å²) in [6.07, 6.45) is 2.02. The second-order valence-electron chi connectivity index (χ2n) is 6.84. The molecule has 1 aliphatic carbocycles. The summed E-state index contributed by atoms with van der Waals surface area (Å²) < 4.78 is 18.6. The zero-order valence-electron chi connectivity index (χ0n) is 16.3. The lowest BCUT2D eigenvalue weighted by atomic mass is 10.2. The minimum absolute atomic E-state index is 0.0368. The lowest BCUT2D eigenvalue weighted by Crippen LogP contribution is -2.21. The predicted molar refractivity (Wildman–Crippen MR) is 115 cm³/mol. The second kappa shape index (κ2) is 7.77. The van der Waals surface area contributed by atoms with Gasteiger partial charge < -0.3 is 14.0 Å². The summed E-state index contributed by atoms with van der Waals surface area (Å²) in [5.74, 6) is 2.61. The van der Waals surface area contributed by atoms with E-state index >= 15 is 0 Å². The van der Waals surface area contributed by atoms with Gasteiger partial charge in [0.05, 0.1) is 25.5 Å². The predicted octanol–water partition coefficient (Wildman–Crippen LogP) is 4.15. The van der Waals surface area contributed by atoms with Crippen LogP contribution in [0.3, 0.4) is 0 Å². The van der Waals surface area contributed by atoms with Crippen molar-refractivity contribution in [2.45, 2.75) is 29.8 Å². The van der Waals surface area contributed by atoms with E-state index in [4.69, 9.17) is 19.0 Å². The molecular formula is C20H18N4O4S2. The number of rotatable bonds is 7. The van der Waals surface area contributed by atoms with Gasteiger partial charge in [0.2, 0.25) is 11.7 Å². The van der Waals surface area contributed by atoms with E-state index in [0.717, 1.165) is 23.9 Å². The molecular weight excluding hydrogens is 424 g/mol. The topological polar surface area (TPSA) is 92.3 Å². The van der Waals surface area contributed by atoms with E-state index in [0.29, 0.717) is 38.8 Å². The molecule has 5 rings (SSSR count). The number of thioether (sulfide) groups is 1. The first kappa shape index (κ1) is 19.1. The van der Waals surface area contributed by atoms with E-state index in [2.05, 4.69) is 10.1 Å². The maximum Gasteiger partial charge on any atom is 0.272 e. The van der Waals surface area contributed by atoms with Crippen LogP contribution in [0.2, 0.25) is 0 Å². The summed E-state index contributed by atoms with van der Waals surface area (Å²) in [4.78, 5) is 22.0. The van der Waals surface area contributed by atoms with Gasteiger partial charge in [-0.3, -0.25) is 9.36 Å². The molecule has 1 fully saturated rings. The van der Waals surface area contributed by atoms with Crippen LogP contribution in [0.25, 0.3) is 21.6 Å². The van der Waals surface area contributed by atoms with Crippen molar-refractivity contribution in [2.24, 2.45) is 0 Å². The monoisotopic (exact) mass is 442 g/mol. The largest absolute Gasteiger partial charge is 0.497 e. The van der Waals surface area contributed by atoms with Crippen LogP contribution >= 0.6 is 23.1 Å². The van der Waals surface area contributed by atoms with Crippen LogP contribution in [-0.2, 0) is 5.75 Å². The fraction of sp³-hybridized carbons (Fsp3) is 0.300. The Balaban J connectivity index is 1.41. The van der Waals surface area contributed by atoms with Crippen molar-refractivity contribution in [1.82, 2.24) is 19.7 Å². The Morgan fingerprint density at radius 1 is 1.20 bits per heavy atom. The number of hydrogen-bond acceptors (Lipinski definition) is 9. The van der Waals surface area contributed by atoms with E-state index in [-0.39, 0.29) is 11.6 Å². The molecule has 10 heteroatoms. The molecule has 4 aromatic rings. The molecule has 0 N–H and O–H groups in total. The molecule has 0 bridgehead atoms. The highest BCUT2D eigenvalue weighted by atomic mass is 32.2. The van der Waals surface area contributed by atoms with Crippen LogP contribution in [0.5, 0.6) is 11.5 Å². The molecule has 0 radical (unpaired) electrons. The zero-order valence-corrected chi connectivity index (χ0v) is 18.0. The van der Waals surface area contributed by atoms with Gasteiger partial charge in [0.15, 0.2) is 5.16 Å². The first-order chi connectivity index (χ1) is 14.7. The summed E-state index contributed by atoms with van der Waals surface area (Å²) in [7, 11) is 3.18. The van der Waals surface area contributed by atoms with Crippen LogP contribution in [0, 0.1) is 0 Å². The lowest BCUT2D eigenvalue weighted by Gasteiger charge is -2.09. The Morgan fingerprint density at radius 2 is 1.97 bits per heavy atom. The van der Waals surface area contributed by atoms with Gasteiger partial charge in [0, 0.05) is 17.7 Å². The first-order valence-electron chi connectivity index (χ1n) is 9.35. The van der Waals surface area contributed by atoms with Gasteiger partial charge in [-0.2, -0.15) is 4.98 Å². The molecule has 1 saturated carbocycles. The van der Waals surface area contributed by atoms with Gasteiger partial charge in [0.25, 0.3) is 5.56 Å². The van der Waals surface area contributed by atoms with Crippen molar-refractivity contribution >= 4 is 33.3 Å². The van der Waals surface area contributed by atoms with E-state index in [1.807, 2.05) is 28.1 Å². The summed E-state index contributed by atoms with van der Waals surface area (Å²) in [5.41, 5.74) is 1.51. The fourth-order valence-electron chi connectivity index (χ4n) is 3.15. The lowest BCUT2D eigenvalue weighted by molar-refractivity contribution is 0.390. The number of benzene rings is 1. The standard InChI is InChI=1S/C20H18N4O4S2/c1-26-13-7-11(8-14(9-13)27-2)18-22-16(28-23-18)10-30-20-21-15-5-6-29-17(15)19(25)24(20)12-3-4-12/h5-9,12H,3-4,10H2,1-2H3. The SMILES string of the molecule is COc1cc(OC)cc(-c2noc(CSc3nc4ccsc4c(=O)n3C3CC3)n2)c1. The third-order valence-corrected chi connectivity index (χ3v) is 6.62. The molecule has 1 aromatic carbocycles. The average Bonchev–Trinajstić information content (AvgIpc) is 3.28. The molecule has 0 atom stereocenters. The first-order valence-corrected chi connectivity index (χ1v) is 11.2. The molecule has 30 heavy (non-hydrogen) atoms.